The minimum Gasteiger partial charge on any atom is -0.379 e. The largest absolute Gasteiger partial charge is 0.379 e. The van der Waals surface area contributed by atoms with Gasteiger partial charge >= 0.3 is 0 Å². The number of thiophene rings is 1. The first kappa shape index (κ1) is 23.2. The molecule has 1 aliphatic rings. The Balaban J connectivity index is 1.52. The molecular formula is C23H33N5O2S. The highest BCUT2D eigenvalue weighted by molar-refractivity contribution is 7.10. The number of anilines is 1. The molecule has 1 aromatic heterocycles. The van der Waals surface area contributed by atoms with Gasteiger partial charge in [0.25, 0.3) is 0 Å². The average molecular weight is 444 g/mol. The maximum Gasteiger partial charge on any atom is 0.226 e. The third kappa shape index (κ3) is 7.05. The summed E-state index contributed by atoms with van der Waals surface area (Å²) in [5.41, 5.74) is 1.93. The number of benzene rings is 1. The molecule has 3 N–H and O–H groups in total. The topological polar surface area (TPSA) is 78.0 Å². The zero-order chi connectivity index (χ0) is 22.1. The van der Waals surface area contributed by atoms with Gasteiger partial charge in [-0.25, -0.2) is 0 Å². The van der Waals surface area contributed by atoms with Crippen molar-refractivity contribution in [1.82, 2.24) is 15.5 Å². The summed E-state index contributed by atoms with van der Waals surface area (Å²) in [6, 6.07) is 12.5. The SMILES string of the molecule is CN=C(NCc1ccc(NC(=O)C(C)C)cc1)NCC(c1cccs1)N1CCOCC1. The van der Waals surface area contributed by atoms with Crippen molar-refractivity contribution >= 4 is 28.9 Å². The Morgan fingerprint density at radius 1 is 1.16 bits per heavy atom. The molecule has 168 valence electrons. The Labute approximate surface area is 188 Å². The van der Waals surface area contributed by atoms with Gasteiger partial charge in [-0.15, -0.1) is 11.3 Å². The van der Waals surface area contributed by atoms with Gasteiger partial charge in [0.2, 0.25) is 5.91 Å². The minimum atomic E-state index is -0.0359. The molecule has 7 nitrogen and oxygen atoms in total. The maximum atomic E-state index is 11.8. The van der Waals surface area contributed by atoms with Crippen LogP contribution in [0.25, 0.3) is 0 Å². The van der Waals surface area contributed by atoms with Crippen LogP contribution in [0.5, 0.6) is 0 Å². The number of amides is 1. The van der Waals surface area contributed by atoms with Gasteiger partial charge in [-0.05, 0) is 29.1 Å². The van der Waals surface area contributed by atoms with Crippen LogP contribution in [0.2, 0.25) is 0 Å². The quantitative estimate of drug-likeness (QED) is 0.432. The first-order valence-electron chi connectivity index (χ1n) is 10.8. The summed E-state index contributed by atoms with van der Waals surface area (Å²) in [5, 5.41) is 11.9. The van der Waals surface area contributed by atoms with Gasteiger partial charge in [-0.3, -0.25) is 14.7 Å². The van der Waals surface area contributed by atoms with Crippen molar-refractivity contribution in [3.8, 4) is 0 Å². The van der Waals surface area contributed by atoms with Gasteiger partial charge in [0.1, 0.15) is 0 Å². The van der Waals surface area contributed by atoms with E-state index in [4.69, 9.17) is 4.74 Å². The zero-order valence-corrected chi connectivity index (χ0v) is 19.4. The fourth-order valence-electron chi connectivity index (χ4n) is 3.37. The van der Waals surface area contributed by atoms with E-state index in [1.165, 1.54) is 4.88 Å². The number of nitrogens with one attached hydrogen (secondary N) is 3. The number of carbonyl (C=O) groups excluding carboxylic acids is 1. The molecule has 1 amide bonds. The third-order valence-electron chi connectivity index (χ3n) is 5.25. The molecule has 8 heteroatoms. The van der Waals surface area contributed by atoms with Crippen LogP contribution in [0.15, 0.2) is 46.8 Å². The molecule has 1 saturated heterocycles. The Bertz CT molecular complexity index is 830. The first-order chi connectivity index (χ1) is 15.1. The molecule has 2 heterocycles. The lowest BCUT2D eigenvalue weighted by atomic mass is 10.1. The first-order valence-corrected chi connectivity index (χ1v) is 11.6. The molecule has 2 aromatic rings. The van der Waals surface area contributed by atoms with Crippen LogP contribution in [0.1, 0.15) is 30.3 Å². The average Bonchev–Trinajstić information content (AvgIpc) is 3.32. The molecule has 1 fully saturated rings. The fraction of sp³-hybridized carbons (Fsp3) is 0.478. The zero-order valence-electron chi connectivity index (χ0n) is 18.6. The lowest BCUT2D eigenvalue weighted by molar-refractivity contribution is -0.118. The molecule has 0 spiro atoms. The number of ether oxygens (including phenoxy) is 1. The number of hydrogen-bond donors (Lipinski definition) is 3. The second-order valence-electron chi connectivity index (χ2n) is 7.83. The van der Waals surface area contributed by atoms with Crippen molar-refractivity contribution in [2.24, 2.45) is 10.9 Å². The van der Waals surface area contributed by atoms with Crippen molar-refractivity contribution in [1.29, 1.82) is 0 Å². The summed E-state index contributed by atoms with van der Waals surface area (Å²) < 4.78 is 5.52. The molecule has 1 aromatic carbocycles. The molecule has 31 heavy (non-hydrogen) atoms. The Morgan fingerprint density at radius 2 is 1.90 bits per heavy atom. The lowest BCUT2D eigenvalue weighted by Gasteiger charge is -2.34. The van der Waals surface area contributed by atoms with Gasteiger partial charge < -0.3 is 20.7 Å². The van der Waals surface area contributed by atoms with E-state index in [1.54, 1.807) is 18.4 Å². The van der Waals surface area contributed by atoms with Crippen molar-refractivity contribution in [3.05, 3.63) is 52.2 Å². The van der Waals surface area contributed by atoms with Crippen LogP contribution >= 0.6 is 11.3 Å². The summed E-state index contributed by atoms with van der Waals surface area (Å²) in [6.07, 6.45) is 0. The van der Waals surface area contributed by atoms with Crippen molar-refractivity contribution in [3.63, 3.8) is 0 Å². The summed E-state index contributed by atoms with van der Waals surface area (Å²) in [7, 11) is 1.79. The second-order valence-corrected chi connectivity index (χ2v) is 8.81. The highest BCUT2D eigenvalue weighted by Gasteiger charge is 2.23. The van der Waals surface area contributed by atoms with Gasteiger partial charge in [0.05, 0.1) is 19.3 Å². The number of hydrogen-bond acceptors (Lipinski definition) is 5. The van der Waals surface area contributed by atoms with E-state index in [0.717, 1.165) is 50.1 Å². The highest BCUT2D eigenvalue weighted by Crippen LogP contribution is 2.25. The smallest absolute Gasteiger partial charge is 0.226 e. The summed E-state index contributed by atoms with van der Waals surface area (Å²) >= 11 is 1.79. The Kier molecular flexibility index (Phi) is 8.87. The number of carbonyl (C=O) groups is 1. The molecule has 0 bridgehead atoms. The highest BCUT2D eigenvalue weighted by atomic mass is 32.1. The molecule has 3 rings (SSSR count). The predicted octanol–water partition coefficient (Wildman–Crippen LogP) is 3.08. The third-order valence-corrected chi connectivity index (χ3v) is 6.22. The van der Waals surface area contributed by atoms with E-state index in [2.05, 4.69) is 43.4 Å². The minimum absolute atomic E-state index is 0.0241. The Hall–Kier alpha value is -2.42. The number of aliphatic imine (C=N–C) groups is 1. The van der Waals surface area contributed by atoms with E-state index in [1.807, 2.05) is 38.1 Å². The van der Waals surface area contributed by atoms with Crippen LogP contribution < -0.4 is 16.0 Å². The van der Waals surface area contributed by atoms with Crippen molar-refractivity contribution < 1.29 is 9.53 Å². The summed E-state index contributed by atoms with van der Waals surface area (Å²) in [4.78, 5) is 20.0. The van der Waals surface area contributed by atoms with Gasteiger partial charge in [-0.1, -0.05) is 32.0 Å². The van der Waals surface area contributed by atoms with Crippen LogP contribution in [-0.4, -0.2) is 56.7 Å². The monoisotopic (exact) mass is 443 g/mol. The van der Waals surface area contributed by atoms with Gasteiger partial charge in [0.15, 0.2) is 5.96 Å². The molecule has 1 atom stereocenters. The molecule has 1 aliphatic heterocycles. The molecule has 1 unspecified atom stereocenters. The second kappa shape index (κ2) is 11.8. The van der Waals surface area contributed by atoms with Crippen molar-refractivity contribution in [2.45, 2.75) is 26.4 Å². The predicted molar refractivity (Wildman–Crippen MR) is 128 cm³/mol. The normalized spacial score (nSPS) is 16.2. The van der Waals surface area contributed by atoms with Crippen LogP contribution in [-0.2, 0) is 16.1 Å². The molecule has 0 aliphatic carbocycles. The van der Waals surface area contributed by atoms with Crippen LogP contribution in [0.4, 0.5) is 5.69 Å². The van der Waals surface area contributed by atoms with Crippen LogP contribution in [0.3, 0.4) is 0 Å². The van der Waals surface area contributed by atoms with E-state index in [0.29, 0.717) is 12.6 Å². The molecular weight excluding hydrogens is 410 g/mol. The number of morpholine rings is 1. The molecule has 0 saturated carbocycles. The van der Waals surface area contributed by atoms with E-state index in [9.17, 15) is 4.79 Å². The summed E-state index contributed by atoms with van der Waals surface area (Å²) in [6.45, 7) is 8.64. The van der Waals surface area contributed by atoms with Crippen LogP contribution in [0, 0.1) is 5.92 Å². The molecule has 0 radical (unpaired) electrons. The standard InChI is InChI=1S/C23H33N5O2S/c1-17(2)22(29)27-19-8-6-18(7-9-19)15-25-23(24-3)26-16-20(21-5-4-14-31-21)28-10-12-30-13-11-28/h4-9,14,17,20H,10-13,15-16H2,1-3H3,(H,27,29)(H2,24,25,26). The summed E-state index contributed by atoms with van der Waals surface area (Å²) in [5.74, 6) is 0.759. The number of nitrogens with zero attached hydrogens (tertiary/aromatic N) is 2. The fourth-order valence-corrected chi connectivity index (χ4v) is 4.23. The van der Waals surface area contributed by atoms with E-state index < -0.39 is 0 Å². The van der Waals surface area contributed by atoms with Crippen molar-refractivity contribution in [2.75, 3.05) is 45.2 Å². The van der Waals surface area contributed by atoms with E-state index >= 15 is 0 Å². The lowest BCUT2D eigenvalue weighted by Crippen LogP contribution is -2.46. The number of rotatable bonds is 8. The number of guanidine groups is 1. The van der Waals surface area contributed by atoms with E-state index in [-0.39, 0.29) is 11.8 Å². The van der Waals surface area contributed by atoms with Gasteiger partial charge in [-0.2, -0.15) is 0 Å². The Morgan fingerprint density at radius 3 is 2.52 bits per heavy atom. The van der Waals surface area contributed by atoms with Gasteiger partial charge in [0, 0.05) is 49.7 Å². The maximum absolute atomic E-state index is 11.8.